The van der Waals surface area contributed by atoms with E-state index in [9.17, 15) is 0 Å². The summed E-state index contributed by atoms with van der Waals surface area (Å²) in [5, 5.41) is 0. The summed E-state index contributed by atoms with van der Waals surface area (Å²) in [6.45, 7) is 16.0. The van der Waals surface area contributed by atoms with Crippen molar-refractivity contribution in [3.8, 4) is 0 Å². The molecular formula is C21H39NO2. The third kappa shape index (κ3) is 5.31. The van der Waals surface area contributed by atoms with Gasteiger partial charge >= 0.3 is 0 Å². The normalized spacial score (nSPS) is 31.1. The van der Waals surface area contributed by atoms with Gasteiger partial charge in [0.2, 0.25) is 0 Å². The molecule has 0 aromatic heterocycles. The van der Waals surface area contributed by atoms with Crippen LogP contribution in [0.25, 0.3) is 0 Å². The monoisotopic (exact) mass is 337 g/mol. The van der Waals surface area contributed by atoms with Crippen LogP contribution in [0.1, 0.15) is 72.6 Å². The molecule has 2 aliphatic rings. The van der Waals surface area contributed by atoms with E-state index >= 15 is 0 Å². The molecule has 0 amide bonds. The highest BCUT2D eigenvalue weighted by Gasteiger charge is 2.46. The second kappa shape index (κ2) is 8.33. The fraction of sp³-hybridized carbons (Fsp3) is 0.905. The van der Waals surface area contributed by atoms with Crippen LogP contribution in [0.2, 0.25) is 0 Å². The molecule has 2 rings (SSSR count). The van der Waals surface area contributed by atoms with Gasteiger partial charge in [-0.05, 0) is 51.0 Å². The number of likely N-dealkylation sites (N-methyl/N-ethyl adjacent to an activating group) is 1. The maximum atomic E-state index is 6.39. The third-order valence-electron chi connectivity index (χ3n) is 6.03. The first-order valence-electron chi connectivity index (χ1n) is 9.91. The van der Waals surface area contributed by atoms with E-state index in [1.54, 1.807) is 0 Å². The van der Waals surface area contributed by atoms with Crippen molar-refractivity contribution in [1.82, 2.24) is 4.90 Å². The number of hydrogen-bond donors (Lipinski definition) is 0. The van der Waals surface area contributed by atoms with Crippen LogP contribution >= 0.6 is 0 Å². The minimum absolute atomic E-state index is 0.262. The summed E-state index contributed by atoms with van der Waals surface area (Å²) >= 11 is 0. The molecule has 1 aliphatic heterocycles. The summed E-state index contributed by atoms with van der Waals surface area (Å²) in [6.07, 6.45) is 8.55. The van der Waals surface area contributed by atoms with Gasteiger partial charge in [-0.1, -0.05) is 39.3 Å². The molecule has 1 aliphatic carbocycles. The predicted molar refractivity (Wildman–Crippen MR) is 101 cm³/mol. The lowest BCUT2D eigenvalue weighted by Gasteiger charge is -2.42. The highest BCUT2D eigenvalue weighted by molar-refractivity contribution is 4.92. The lowest BCUT2D eigenvalue weighted by Crippen LogP contribution is -2.39. The second-order valence-electron chi connectivity index (χ2n) is 8.96. The molecule has 1 saturated carbocycles. The number of rotatable bonds is 8. The number of ether oxygens (including phenoxy) is 2. The van der Waals surface area contributed by atoms with E-state index in [0.717, 1.165) is 44.9 Å². The van der Waals surface area contributed by atoms with Gasteiger partial charge in [0.15, 0.2) is 5.79 Å². The Kier molecular flexibility index (Phi) is 6.92. The van der Waals surface area contributed by atoms with Crippen molar-refractivity contribution in [3.05, 3.63) is 12.2 Å². The summed E-state index contributed by atoms with van der Waals surface area (Å²) in [4.78, 5) is 2.32. The fourth-order valence-electron chi connectivity index (χ4n) is 4.61. The van der Waals surface area contributed by atoms with Crippen molar-refractivity contribution in [3.63, 3.8) is 0 Å². The van der Waals surface area contributed by atoms with Crippen molar-refractivity contribution in [2.75, 3.05) is 26.7 Å². The Morgan fingerprint density at radius 1 is 1.29 bits per heavy atom. The molecule has 1 heterocycles. The highest BCUT2D eigenvalue weighted by Crippen LogP contribution is 2.47. The van der Waals surface area contributed by atoms with E-state index < -0.39 is 0 Å². The van der Waals surface area contributed by atoms with Gasteiger partial charge in [0, 0.05) is 25.9 Å². The minimum atomic E-state index is -0.267. The van der Waals surface area contributed by atoms with Crippen LogP contribution in [-0.4, -0.2) is 43.5 Å². The summed E-state index contributed by atoms with van der Waals surface area (Å²) in [6, 6.07) is 0. The van der Waals surface area contributed by atoms with Crippen molar-refractivity contribution >= 4 is 0 Å². The van der Waals surface area contributed by atoms with Gasteiger partial charge in [0.1, 0.15) is 0 Å². The van der Waals surface area contributed by atoms with Crippen LogP contribution in [0.5, 0.6) is 0 Å². The Hall–Kier alpha value is -0.380. The average molecular weight is 338 g/mol. The van der Waals surface area contributed by atoms with Crippen molar-refractivity contribution in [2.24, 2.45) is 11.3 Å². The smallest absolute Gasteiger partial charge is 0.168 e. The van der Waals surface area contributed by atoms with E-state index in [0.29, 0.717) is 5.41 Å². The zero-order chi connectivity index (χ0) is 17.8. The molecule has 3 nitrogen and oxygen atoms in total. The first-order chi connectivity index (χ1) is 11.3. The van der Waals surface area contributed by atoms with E-state index in [1.807, 2.05) is 0 Å². The maximum absolute atomic E-state index is 6.39. The van der Waals surface area contributed by atoms with E-state index in [1.165, 1.54) is 31.3 Å². The Bertz CT molecular complexity index is 410. The quantitative estimate of drug-likeness (QED) is 0.581. The summed E-state index contributed by atoms with van der Waals surface area (Å²) < 4.78 is 12.6. The Morgan fingerprint density at radius 3 is 2.54 bits per heavy atom. The average Bonchev–Trinajstić information content (AvgIpc) is 2.88. The first-order valence-corrected chi connectivity index (χ1v) is 9.91. The largest absolute Gasteiger partial charge is 0.347 e. The summed E-state index contributed by atoms with van der Waals surface area (Å²) in [5.41, 5.74) is 1.67. The Morgan fingerprint density at radius 2 is 1.96 bits per heavy atom. The SMILES string of the molecule is C=C(C)CN(C)CCC1COC2(CCC(C(C)(C)CCC)CC2)O1. The molecule has 0 aromatic rings. The molecule has 1 saturated heterocycles. The molecule has 0 radical (unpaired) electrons. The van der Waals surface area contributed by atoms with Gasteiger partial charge in [-0.3, -0.25) is 0 Å². The molecule has 1 spiro atoms. The molecule has 2 fully saturated rings. The topological polar surface area (TPSA) is 21.7 Å². The zero-order valence-corrected chi connectivity index (χ0v) is 16.7. The number of nitrogens with zero attached hydrogens (tertiary/aromatic N) is 1. The summed E-state index contributed by atoms with van der Waals surface area (Å²) in [7, 11) is 2.15. The predicted octanol–water partition coefficient (Wildman–Crippen LogP) is 5.01. The molecule has 3 heteroatoms. The van der Waals surface area contributed by atoms with Crippen LogP contribution in [0, 0.1) is 11.3 Å². The molecular weight excluding hydrogens is 298 g/mol. The van der Waals surface area contributed by atoms with Gasteiger partial charge in [-0.25, -0.2) is 0 Å². The van der Waals surface area contributed by atoms with Crippen molar-refractivity contribution in [1.29, 1.82) is 0 Å². The second-order valence-corrected chi connectivity index (χ2v) is 8.96. The van der Waals surface area contributed by atoms with Gasteiger partial charge in [-0.15, -0.1) is 0 Å². The van der Waals surface area contributed by atoms with Crippen LogP contribution in [0.15, 0.2) is 12.2 Å². The van der Waals surface area contributed by atoms with Crippen LogP contribution in [-0.2, 0) is 9.47 Å². The van der Waals surface area contributed by atoms with E-state index in [4.69, 9.17) is 9.47 Å². The highest BCUT2D eigenvalue weighted by atomic mass is 16.7. The summed E-state index contributed by atoms with van der Waals surface area (Å²) in [5.74, 6) is 0.548. The van der Waals surface area contributed by atoms with Gasteiger partial charge < -0.3 is 14.4 Å². The standard InChI is InChI=1S/C21H39NO2/c1-7-11-20(4,5)18-8-12-21(13-9-18)23-16-19(24-21)10-14-22(6)15-17(2)3/h18-19H,2,7-16H2,1,3-6H3. The molecule has 0 N–H and O–H groups in total. The minimum Gasteiger partial charge on any atom is -0.347 e. The lowest BCUT2D eigenvalue weighted by atomic mass is 9.68. The van der Waals surface area contributed by atoms with Gasteiger partial charge in [-0.2, -0.15) is 0 Å². The number of hydrogen-bond acceptors (Lipinski definition) is 3. The molecule has 1 atom stereocenters. The van der Waals surface area contributed by atoms with Crippen molar-refractivity contribution < 1.29 is 9.47 Å². The first kappa shape index (κ1) is 19.9. The third-order valence-corrected chi connectivity index (χ3v) is 6.03. The Balaban J connectivity index is 1.76. The van der Waals surface area contributed by atoms with Crippen LogP contribution < -0.4 is 0 Å². The molecule has 0 bridgehead atoms. The zero-order valence-electron chi connectivity index (χ0n) is 16.7. The van der Waals surface area contributed by atoms with Gasteiger partial charge in [0.05, 0.1) is 12.7 Å². The molecule has 140 valence electrons. The van der Waals surface area contributed by atoms with Crippen LogP contribution in [0.3, 0.4) is 0 Å². The van der Waals surface area contributed by atoms with Gasteiger partial charge in [0.25, 0.3) is 0 Å². The Labute approximate surface area is 149 Å². The fourth-order valence-corrected chi connectivity index (χ4v) is 4.61. The van der Waals surface area contributed by atoms with E-state index in [2.05, 4.69) is 46.2 Å². The lowest BCUT2D eigenvalue weighted by molar-refractivity contribution is -0.197. The van der Waals surface area contributed by atoms with E-state index in [-0.39, 0.29) is 11.9 Å². The molecule has 24 heavy (non-hydrogen) atoms. The van der Waals surface area contributed by atoms with Crippen molar-refractivity contribution in [2.45, 2.75) is 84.5 Å². The molecule has 0 aromatic carbocycles. The van der Waals surface area contributed by atoms with Crippen LogP contribution in [0.4, 0.5) is 0 Å². The maximum Gasteiger partial charge on any atom is 0.168 e. The molecule has 1 unspecified atom stereocenters.